The molecule has 0 saturated heterocycles. The molecule has 0 aliphatic carbocycles. The lowest BCUT2D eigenvalue weighted by Crippen LogP contribution is -1.97. The molecular weight excluding hydrogens is 206 g/mol. The number of methoxy groups -OCH3 is 2. The van der Waals surface area contributed by atoms with Gasteiger partial charge in [-0.25, -0.2) is 0 Å². The van der Waals surface area contributed by atoms with Crippen LogP contribution in [-0.4, -0.2) is 20.5 Å². The molecule has 14 heavy (non-hydrogen) atoms. The Morgan fingerprint density at radius 2 is 1.93 bits per heavy atom. The summed E-state index contributed by atoms with van der Waals surface area (Å²) in [6.45, 7) is 0. The van der Waals surface area contributed by atoms with E-state index in [-0.39, 0.29) is 12.4 Å². The summed E-state index contributed by atoms with van der Waals surface area (Å²) in [6.07, 6.45) is 0.707. The Kier molecular flexibility index (Phi) is 4.80. The third kappa shape index (κ3) is 2.29. The van der Waals surface area contributed by atoms with Gasteiger partial charge in [-0.05, 0) is 12.1 Å². The van der Waals surface area contributed by atoms with Crippen LogP contribution in [0.1, 0.15) is 10.4 Å². The van der Waals surface area contributed by atoms with Crippen molar-refractivity contribution >= 4 is 24.4 Å². The Hall–Kier alpha value is -1.42. The van der Waals surface area contributed by atoms with Crippen molar-refractivity contribution < 1.29 is 14.3 Å². The number of nitrogens with two attached hydrogens (primary N) is 1. The largest absolute Gasteiger partial charge is 0.493 e. The Balaban J connectivity index is 0.00000169. The van der Waals surface area contributed by atoms with E-state index in [2.05, 4.69) is 0 Å². The number of nitrogen functional groups attached to an aromatic ring is 1. The van der Waals surface area contributed by atoms with Gasteiger partial charge in [0, 0.05) is 5.56 Å². The average molecular weight is 218 g/mol. The number of rotatable bonds is 3. The van der Waals surface area contributed by atoms with Crippen LogP contribution in [0.25, 0.3) is 0 Å². The molecule has 1 aromatic rings. The molecule has 0 atom stereocenters. The first-order valence-electron chi connectivity index (χ1n) is 3.69. The lowest BCUT2D eigenvalue weighted by atomic mass is 10.2. The van der Waals surface area contributed by atoms with Crippen molar-refractivity contribution in [2.75, 3.05) is 20.0 Å². The molecule has 1 rings (SSSR count). The zero-order valence-electron chi connectivity index (χ0n) is 7.94. The number of benzene rings is 1. The molecule has 0 fully saturated rings. The number of aldehydes is 1. The summed E-state index contributed by atoms with van der Waals surface area (Å²) in [5.74, 6) is 0.915. The van der Waals surface area contributed by atoms with E-state index >= 15 is 0 Å². The fourth-order valence-electron chi connectivity index (χ4n) is 1.08. The molecule has 0 unspecified atom stereocenters. The average Bonchev–Trinajstić information content (AvgIpc) is 2.16. The molecule has 0 saturated carbocycles. The summed E-state index contributed by atoms with van der Waals surface area (Å²) in [4.78, 5) is 10.5. The molecule has 78 valence electrons. The zero-order valence-corrected chi connectivity index (χ0v) is 8.76. The van der Waals surface area contributed by atoms with E-state index in [1.807, 2.05) is 0 Å². The van der Waals surface area contributed by atoms with Gasteiger partial charge in [-0.2, -0.15) is 0 Å². The van der Waals surface area contributed by atoms with Crippen molar-refractivity contribution in [2.45, 2.75) is 0 Å². The quantitative estimate of drug-likeness (QED) is 0.616. The summed E-state index contributed by atoms with van der Waals surface area (Å²) >= 11 is 0. The first kappa shape index (κ1) is 12.6. The highest BCUT2D eigenvalue weighted by molar-refractivity contribution is 5.85. The minimum atomic E-state index is 0. The second-order valence-electron chi connectivity index (χ2n) is 2.46. The molecule has 2 N–H and O–H groups in total. The predicted octanol–water partition coefficient (Wildman–Crippen LogP) is 1.52. The van der Waals surface area contributed by atoms with E-state index in [1.165, 1.54) is 20.3 Å². The maximum absolute atomic E-state index is 10.5. The van der Waals surface area contributed by atoms with Gasteiger partial charge in [-0.3, -0.25) is 4.79 Å². The molecule has 0 bridgehead atoms. The second kappa shape index (κ2) is 5.34. The molecule has 4 nitrogen and oxygen atoms in total. The fraction of sp³-hybridized carbons (Fsp3) is 0.222. The van der Waals surface area contributed by atoms with E-state index < -0.39 is 0 Å². The Morgan fingerprint density at radius 1 is 1.29 bits per heavy atom. The van der Waals surface area contributed by atoms with Gasteiger partial charge in [0.25, 0.3) is 0 Å². The van der Waals surface area contributed by atoms with Crippen molar-refractivity contribution in [3.8, 4) is 11.5 Å². The Labute approximate surface area is 88.4 Å². The van der Waals surface area contributed by atoms with Crippen LogP contribution in [0.2, 0.25) is 0 Å². The molecule has 0 heterocycles. The number of hydrogen-bond donors (Lipinski definition) is 1. The molecule has 0 spiro atoms. The summed E-state index contributed by atoms with van der Waals surface area (Å²) < 4.78 is 10.00. The number of ether oxygens (including phenoxy) is 2. The van der Waals surface area contributed by atoms with Gasteiger partial charge in [0.1, 0.15) is 6.29 Å². The highest BCUT2D eigenvalue weighted by Crippen LogP contribution is 2.33. The van der Waals surface area contributed by atoms with Crippen molar-refractivity contribution in [3.05, 3.63) is 17.7 Å². The SMILES string of the molecule is COc1cc(C=O)cc(N)c1OC.Cl. The molecule has 0 aliphatic rings. The normalized spacial score (nSPS) is 8.71. The molecule has 0 aliphatic heterocycles. The van der Waals surface area contributed by atoms with Crippen LogP contribution >= 0.6 is 12.4 Å². The van der Waals surface area contributed by atoms with Gasteiger partial charge in [0.05, 0.1) is 19.9 Å². The summed E-state index contributed by atoms with van der Waals surface area (Å²) in [6, 6.07) is 3.11. The summed E-state index contributed by atoms with van der Waals surface area (Å²) in [7, 11) is 2.99. The van der Waals surface area contributed by atoms with Crippen LogP contribution in [0.3, 0.4) is 0 Å². The first-order chi connectivity index (χ1) is 6.22. The van der Waals surface area contributed by atoms with E-state index in [4.69, 9.17) is 15.2 Å². The highest BCUT2D eigenvalue weighted by Gasteiger charge is 2.08. The smallest absolute Gasteiger partial charge is 0.183 e. The number of carbonyl (C=O) groups is 1. The second-order valence-corrected chi connectivity index (χ2v) is 2.46. The van der Waals surface area contributed by atoms with E-state index in [1.54, 1.807) is 6.07 Å². The number of halogens is 1. The number of anilines is 1. The van der Waals surface area contributed by atoms with Gasteiger partial charge in [0.2, 0.25) is 0 Å². The van der Waals surface area contributed by atoms with Gasteiger partial charge in [-0.1, -0.05) is 0 Å². The standard InChI is InChI=1S/C9H11NO3.ClH/c1-12-8-4-6(5-11)3-7(10)9(8)13-2;/h3-5H,10H2,1-2H3;1H. The van der Waals surface area contributed by atoms with Crippen LogP contribution < -0.4 is 15.2 Å². The van der Waals surface area contributed by atoms with E-state index in [0.717, 1.165) is 0 Å². The summed E-state index contributed by atoms with van der Waals surface area (Å²) in [5, 5.41) is 0. The number of hydrogen-bond acceptors (Lipinski definition) is 4. The minimum Gasteiger partial charge on any atom is -0.493 e. The molecule has 0 aromatic heterocycles. The third-order valence-corrected chi connectivity index (χ3v) is 1.67. The lowest BCUT2D eigenvalue weighted by Gasteiger charge is -2.10. The number of carbonyl (C=O) groups excluding carboxylic acids is 1. The predicted molar refractivity (Wildman–Crippen MR) is 56.6 cm³/mol. The van der Waals surface area contributed by atoms with Crippen molar-refractivity contribution in [1.29, 1.82) is 0 Å². The topological polar surface area (TPSA) is 61.5 Å². The lowest BCUT2D eigenvalue weighted by molar-refractivity contribution is 0.112. The van der Waals surface area contributed by atoms with Gasteiger partial charge >= 0.3 is 0 Å². The third-order valence-electron chi connectivity index (χ3n) is 1.67. The first-order valence-corrected chi connectivity index (χ1v) is 3.69. The molecule has 1 aromatic carbocycles. The molecule has 0 radical (unpaired) electrons. The van der Waals surface area contributed by atoms with Crippen LogP contribution in [0.4, 0.5) is 5.69 Å². The van der Waals surface area contributed by atoms with Crippen molar-refractivity contribution in [3.63, 3.8) is 0 Å². The maximum Gasteiger partial charge on any atom is 0.183 e. The van der Waals surface area contributed by atoms with Crippen molar-refractivity contribution in [2.24, 2.45) is 0 Å². The van der Waals surface area contributed by atoms with Gasteiger partial charge < -0.3 is 15.2 Å². The molecule has 0 amide bonds. The minimum absolute atomic E-state index is 0. The van der Waals surface area contributed by atoms with Gasteiger partial charge in [-0.15, -0.1) is 12.4 Å². The fourth-order valence-corrected chi connectivity index (χ4v) is 1.08. The van der Waals surface area contributed by atoms with Crippen molar-refractivity contribution in [1.82, 2.24) is 0 Å². The van der Waals surface area contributed by atoms with Crippen LogP contribution in [-0.2, 0) is 0 Å². The zero-order chi connectivity index (χ0) is 9.84. The molecular formula is C9H12ClNO3. The van der Waals surface area contributed by atoms with Crippen LogP contribution in [0.15, 0.2) is 12.1 Å². The Bertz CT molecular complexity index is 328. The molecule has 5 heteroatoms. The highest BCUT2D eigenvalue weighted by atomic mass is 35.5. The van der Waals surface area contributed by atoms with Crippen LogP contribution in [0.5, 0.6) is 11.5 Å². The van der Waals surface area contributed by atoms with E-state index in [0.29, 0.717) is 29.0 Å². The summed E-state index contributed by atoms with van der Waals surface area (Å²) in [5.41, 5.74) is 6.48. The Morgan fingerprint density at radius 3 is 2.36 bits per heavy atom. The monoisotopic (exact) mass is 217 g/mol. The maximum atomic E-state index is 10.5. The van der Waals surface area contributed by atoms with Gasteiger partial charge in [0.15, 0.2) is 11.5 Å². The van der Waals surface area contributed by atoms with E-state index in [9.17, 15) is 4.79 Å². The van der Waals surface area contributed by atoms with Crippen LogP contribution in [0, 0.1) is 0 Å².